The number of H-pyrrole nitrogens is 1. The number of carbonyl (C=O) groups excluding carboxylic acids is 1. The topological polar surface area (TPSA) is 112 Å². The molecule has 0 saturated heterocycles. The van der Waals surface area contributed by atoms with Gasteiger partial charge in [-0.15, -0.1) is 10.2 Å². The van der Waals surface area contributed by atoms with Crippen LogP contribution in [0.15, 0.2) is 51.1 Å². The maximum absolute atomic E-state index is 12.2. The quantitative estimate of drug-likeness (QED) is 0.466. The zero-order chi connectivity index (χ0) is 20.1. The number of nitrogens with zero attached hydrogens (tertiary/aromatic N) is 4. The number of esters is 1. The number of benzene rings is 1. The van der Waals surface area contributed by atoms with E-state index in [-0.39, 0.29) is 18.3 Å². The van der Waals surface area contributed by atoms with E-state index < -0.39 is 11.2 Å². The summed E-state index contributed by atoms with van der Waals surface area (Å²) in [6, 6.07) is 10.6. The molecular formula is C18H19N5O4S. The summed E-state index contributed by atoms with van der Waals surface area (Å²) in [6.45, 7) is 3.62. The molecule has 0 aliphatic rings. The Bertz CT molecular complexity index is 1060. The third-order valence-corrected chi connectivity index (χ3v) is 4.70. The normalized spacial score (nSPS) is 10.8. The van der Waals surface area contributed by atoms with Crippen LogP contribution in [0.1, 0.15) is 18.4 Å². The number of rotatable bonds is 7. The smallest absolute Gasteiger partial charge is 0.328 e. The molecule has 1 N–H and O–H groups in total. The molecule has 0 bridgehead atoms. The van der Waals surface area contributed by atoms with Gasteiger partial charge in [0.2, 0.25) is 0 Å². The minimum absolute atomic E-state index is 0.0592. The Labute approximate surface area is 164 Å². The SMILES string of the molecule is CCOC(=O)CSc1nnc(Cn2c(=O)cc(C)[nH]c2=O)n1-c1ccccc1. The van der Waals surface area contributed by atoms with Crippen molar-refractivity contribution in [2.45, 2.75) is 25.5 Å². The van der Waals surface area contributed by atoms with Crippen molar-refractivity contribution in [2.24, 2.45) is 0 Å². The van der Waals surface area contributed by atoms with E-state index in [2.05, 4.69) is 15.2 Å². The fourth-order valence-corrected chi connectivity index (χ4v) is 3.35. The van der Waals surface area contributed by atoms with Gasteiger partial charge in [0.1, 0.15) is 0 Å². The molecule has 0 unspecified atom stereocenters. The molecule has 3 aromatic rings. The molecule has 2 heterocycles. The van der Waals surface area contributed by atoms with Crippen LogP contribution in [0.5, 0.6) is 0 Å². The van der Waals surface area contributed by atoms with Gasteiger partial charge in [0.05, 0.1) is 18.9 Å². The third-order valence-electron chi connectivity index (χ3n) is 3.79. The van der Waals surface area contributed by atoms with Crippen molar-refractivity contribution in [3.8, 4) is 5.69 Å². The van der Waals surface area contributed by atoms with Gasteiger partial charge in [-0.25, -0.2) is 4.79 Å². The molecule has 1 aromatic carbocycles. The van der Waals surface area contributed by atoms with E-state index in [1.165, 1.54) is 17.8 Å². The highest BCUT2D eigenvalue weighted by Crippen LogP contribution is 2.22. The maximum Gasteiger partial charge on any atom is 0.328 e. The Morgan fingerprint density at radius 1 is 1.21 bits per heavy atom. The van der Waals surface area contributed by atoms with Crippen molar-refractivity contribution in [2.75, 3.05) is 12.4 Å². The average Bonchev–Trinajstić information content (AvgIpc) is 3.06. The second-order valence-corrected chi connectivity index (χ2v) is 6.79. The van der Waals surface area contributed by atoms with E-state index in [0.717, 1.165) is 10.3 Å². The number of carbonyl (C=O) groups is 1. The largest absolute Gasteiger partial charge is 0.465 e. The first-order chi connectivity index (χ1) is 13.5. The fraction of sp³-hybridized carbons (Fsp3) is 0.278. The van der Waals surface area contributed by atoms with E-state index in [4.69, 9.17) is 4.74 Å². The fourth-order valence-electron chi connectivity index (χ4n) is 2.59. The molecule has 146 valence electrons. The van der Waals surface area contributed by atoms with Gasteiger partial charge < -0.3 is 9.72 Å². The summed E-state index contributed by atoms with van der Waals surface area (Å²) in [5.74, 6) is 0.112. The second-order valence-electron chi connectivity index (χ2n) is 5.85. The molecular weight excluding hydrogens is 382 g/mol. The lowest BCUT2D eigenvalue weighted by molar-refractivity contribution is -0.139. The van der Waals surface area contributed by atoms with Gasteiger partial charge >= 0.3 is 11.7 Å². The zero-order valence-electron chi connectivity index (χ0n) is 15.4. The Morgan fingerprint density at radius 2 is 1.96 bits per heavy atom. The minimum atomic E-state index is -0.520. The number of nitrogens with one attached hydrogen (secondary N) is 1. The van der Waals surface area contributed by atoms with Crippen LogP contribution >= 0.6 is 11.8 Å². The van der Waals surface area contributed by atoms with Crippen LogP contribution in [0, 0.1) is 6.92 Å². The van der Waals surface area contributed by atoms with E-state index >= 15 is 0 Å². The van der Waals surface area contributed by atoms with Crippen LogP contribution in [0.3, 0.4) is 0 Å². The van der Waals surface area contributed by atoms with Gasteiger partial charge in [0.25, 0.3) is 5.56 Å². The maximum atomic E-state index is 12.2. The number of aromatic amines is 1. The Balaban J connectivity index is 1.99. The highest BCUT2D eigenvalue weighted by Gasteiger charge is 2.17. The van der Waals surface area contributed by atoms with Gasteiger partial charge in [0, 0.05) is 17.4 Å². The number of para-hydroxylation sites is 1. The average molecular weight is 401 g/mol. The number of thioether (sulfide) groups is 1. The van der Waals surface area contributed by atoms with E-state index in [9.17, 15) is 14.4 Å². The molecule has 0 fully saturated rings. The standard InChI is InChI=1S/C18H19N5O4S/c1-3-27-16(25)11-28-18-21-20-14(23(18)13-7-5-4-6-8-13)10-22-15(24)9-12(2)19-17(22)26/h4-9H,3,10-11H2,1-2H3,(H,19,26). The Morgan fingerprint density at radius 3 is 2.64 bits per heavy atom. The molecule has 0 atom stereocenters. The van der Waals surface area contributed by atoms with Crippen LogP contribution in [-0.2, 0) is 16.1 Å². The molecule has 28 heavy (non-hydrogen) atoms. The molecule has 9 nitrogen and oxygen atoms in total. The summed E-state index contributed by atoms with van der Waals surface area (Å²) in [7, 11) is 0. The van der Waals surface area contributed by atoms with E-state index in [1.807, 2.05) is 30.3 Å². The Hall–Kier alpha value is -3.14. The van der Waals surface area contributed by atoms with Crippen LogP contribution in [-0.4, -0.2) is 42.6 Å². The third kappa shape index (κ3) is 4.39. The van der Waals surface area contributed by atoms with Crippen LogP contribution < -0.4 is 11.2 Å². The van der Waals surface area contributed by atoms with E-state index in [0.29, 0.717) is 23.3 Å². The van der Waals surface area contributed by atoms with E-state index in [1.54, 1.807) is 18.4 Å². The van der Waals surface area contributed by atoms with Gasteiger partial charge in [-0.05, 0) is 26.0 Å². The number of hydrogen-bond donors (Lipinski definition) is 1. The monoisotopic (exact) mass is 401 g/mol. The van der Waals surface area contributed by atoms with Gasteiger partial charge in [0.15, 0.2) is 11.0 Å². The number of aromatic nitrogens is 5. The lowest BCUT2D eigenvalue weighted by Crippen LogP contribution is -2.36. The van der Waals surface area contributed by atoms with Crippen LogP contribution in [0.4, 0.5) is 0 Å². The first-order valence-corrected chi connectivity index (χ1v) is 9.57. The van der Waals surface area contributed by atoms with Crippen LogP contribution in [0.25, 0.3) is 5.69 Å². The first-order valence-electron chi connectivity index (χ1n) is 8.58. The molecule has 0 aliphatic carbocycles. The van der Waals surface area contributed by atoms with Gasteiger partial charge in [-0.3, -0.25) is 18.7 Å². The summed E-state index contributed by atoms with van der Waals surface area (Å²) in [5, 5.41) is 8.75. The lowest BCUT2D eigenvalue weighted by atomic mass is 10.3. The molecule has 3 rings (SSSR count). The van der Waals surface area contributed by atoms with Crippen molar-refractivity contribution in [3.63, 3.8) is 0 Å². The minimum Gasteiger partial charge on any atom is -0.465 e. The van der Waals surface area contributed by atoms with Crippen molar-refractivity contribution in [1.82, 2.24) is 24.3 Å². The predicted molar refractivity (Wildman–Crippen MR) is 104 cm³/mol. The highest BCUT2D eigenvalue weighted by atomic mass is 32.2. The van der Waals surface area contributed by atoms with Gasteiger partial charge in [-0.2, -0.15) is 0 Å². The summed E-state index contributed by atoms with van der Waals surface area (Å²) >= 11 is 1.17. The molecule has 0 spiro atoms. The second kappa shape index (κ2) is 8.70. The Kier molecular flexibility index (Phi) is 6.09. The molecule has 0 radical (unpaired) electrons. The molecule has 0 saturated carbocycles. The molecule has 0 amide bonds. The highest BCUT2D eigenvalue weighted by molar-refractivity contribution is 7.99. The van der Waals surface area contributed by atoms with Crippen molar-refractivity contribution in [3.05, 3.63) is 68.8 Å². The summed E-state index contributed by atoms with van der Waals surface area (Å²) in [5.41, 5.74) is 0.296. The summed E-state index contributed by atoms with van der Waals surface area (Å²) < 4.78 is 7.72. The lowest BCUT2D eigenvalue weighted by Gasteiger charge is -2.11. The van der Waals surface area contributed by atoms with Crippen molar-refractivity contribution in [1.29, 1.82) is 0 Å². The molecule has 10 heteroatoms. The number of aryl methyl sites for hydroxylation is 1. The van der Waals surface area contributed by atoms with Crippen molar-refractivity contribution < 1.29 is 9.53 Å². The summed E-state index contributed by atoms with van der Waals surface area (Å²) in [4.78, 5) is 38.7. The van der Waals surface area contributed by atoms with Crippen LogP contribution in [0.2, 0.25) is 0 Å². The zero-order valence-corrected chi connectivity index (χ0v) is 16.2. The van der Waals surface area contributed by atoms with Crippen molar-refractivity contribution >= 4 is 17.7 Å². The number of ether oxygens (including phenoxy) is 1. The molecule has 2 aromatic heterocycles. The predicted octanol–water partition coefficient (Wildman–Crippen LogP) is 1.13. The van der Waals surface area contributed by atoms with Gasteiger partial charge in [-0.1, -0.05) is 30.0 Å². The molecule has 0 aliphatic heterocycles. The first kappa shape index (κ1) is 19.6. The number of hydrogen-bond acceptors (Lipinski definition) is 7. The summed E-state index contributed by atoms with van der Waals surface area (Å²) in [6.07, 6.45) is 0.